The number of rotatable bonds is 8. The molecule has 1 aromatic carbocycles. The number of hydrogen-bond donors (Lipinski definition) is 1. The van der Waals surface area contributed by atoms with Crippen molar-refractivity contribution in [2.24, 2.45) is 0 Å². The number of nitrogens with one attached hydrogen (secondary N) is 1. The van der Waals surface area contributed by atoms with Crippen LogP contribution in [0.15, 0.2) is 42.7 Å². The molecular formula is C15H21N3O. The summed E-state index contributed by atoms with van der Waals surface area (Å²) in [7, 11) is 1.72. The first kappa shape index (κ1) is 13.8. The van der Waals surface area contributed by atoms with Crippen molar-refractivity contribution in [3.63, 3.8) is 0 Å². The average molecular weight is 259 g/mol. The number of aryl methyl sites for hydroxylation is 1. The molecule has 0 spiro atoms. The molecule has 0 aliphatic carbocycles. The van der Waals surface area contributed by atoms with Crippen LogP contribution in [0.2, 0.25) is 0 Å². The first-order valence-electron chi connectivity index (χ1n) is 6.69. The second-order valence-corrected chi connectivity index (χ2v) is 4.48. The zero-order chi connectivity index (χ0) is 13.3. The van der Waals surface area contributed by atoms with E-state index in [1.165, 1.54) is 5.56 Å². The van der Waals surface area contributed by atoms with E-state index < -0.39 is 0 Å². The molecule has 0 bridgehead atoms. The third-order valence-corrected chi connectivity index (χ3v) is 2.96. The fourth-order valence-electron chi connectivity index (χ4n) is 1.93. The molecule has 0 radical (unpaired) electrons. The van der Waals surface area contributed by atoms with Gasteiger partial charge in [-0.15, -0.1) is 0 Å². The van der Waals surface area contributed by atoms with Gasteiger partial charge in [0.2, 0.25) is 0 Å². The lowest BCUT2D eigenvalue weighted by molar-refractivity contribution is 0.199. The molecule has 2 aromatic rings. The van der Waals surface area contributed by atoms with Crippen molar-refractivity contribution in [2.45, 2.75) is 12.8 Å². The molecular weight excluding hydrogens is 238 g/mol. The first-order valence-corrected chi connectivity index (χ1v) is 6.69. The highest BCUT2D eigenvalue weighted by molar-refractivity contribution is 5.30. The summed E-state index contributed by atoms with van der Waals surface area (Å²) in [6, 6.07) is 10.2. The Kier molecular flexibility index (Phi) is 5.59. The van der Waals surface area contributed by atoms with Gasteiger partial charge < -0.3 is 10.1 Å². The molecule has 0 unspecified atom stereocenters. The van der Waals surface area contributed by atoms with Crippen LogP contribution in [0.4, 0.5) is 0 Å². The summed E-state index contributed by atoms with van der Waals surface area (Å²) in [6.07, 6.45) is 6.21. The molecule has 0 aliphatic rings. The van der Waals surface area contributed by atoms with Gasteiger partial charge in [-0.3, -0.25) is 0 Å². The maximum Gasteiger partial charge on any atom is 0.0645 e. The third kappa shape index (κ3) is 4.50. The van der Waals surface area contributed by atoms with E-state index in [2.05, 4.69) is 28.7 Å². The van der Waals surface area contributed by atoms with E-state index in [-0.39, 0.29) is 0 Å². The van der Waals surface area contributed by atoms with E-state index in [1.807, 2.05) is 29.1 Å². The van der Waals surface area contributed by atoms with Crippen LogP contribution in [0.5, 0.6) is 0 Å². The van der Waals surface area contributed by atoms with Crippen LogP contribution in [0.3, 0.4) is 0 Å². The highest BCUT2D eigenvalue weighted by Crippen LogP contribution is 2.08. The van der Waals surface area contributed by atoms with Crippen molar-refractivity contribution in [2.75, 3.05) is 26.8 Å². The number of ether oxygens (including phenoxy) is 1. The van der Waals surface area contributed by atoms with Crippen molar-refractivity contribution in [1.82, 2.24) is 15.1 Å². The molecule has 1 aromatic heterocycles. The Hall–Kier alpha value is -1.65. The lowest BCUT2D eigenvalue weighted by atomic mass is 10.2. The first-order chi connectivity index (χ1) is 9.40. The second-order valence-electron chi connectivity index (χ2n) is 4.48. The summed E-state index contributed by atoms with van der Waals surface area (Å²) < 4.78 is 6.91. The molecule has 4 nitrogen and oxygen atoms in total. The fourth-order valence-corrected chi connectivity index (χ4v) is 1.93. The number of methoxy groups -OCH3 is 1. The van der Waals surface area contributed by atoms with Crippen molar-refractivity contribution >= 4 is 0 Å². The minimum absolute atomic E-state index is 0.770. The highest BCUT2D eigenvalue weighted by Gasteiger charge is 2.00. The van der Waals surface area contributed by atoms with E-state index in [0.717, 1.165) is 38.2 Å². The summed E-state index contributed by atoms with van der Waals surface area (Å²) in [5.41, 5.74) is 2.38. The molecule has 19 heavy (non-hydrogen) atoms. The van der Waals surface area contributed by atoms with Crippen LogP contribution < -0.4 is 5.32 Å². The molecule has 0 saturated carbocycles. The van der Waals surface area contributed by atoms with Crippen LogP contribution in [-0.2, 0) is 11.2 Å². The van der Waals surface area contributed by atoms with E-state index in [9.17, 15) is 0 Å². The molecule has 1 N–H and O–H groups in total. The molecule has 4 heteroatoms. The van der Waals surface area contributed by atoms with Crippen LogP contribution in [-0.4, -0.2) is 36.6 Å². The predicted molar refractivity (Wildman–Crippen MR) is 76.6 cm³/mol. The van der Waals surface area contributed by atoms with E-state index in [1.54, 1.807) is 7.11 Å². The van der Waals surface area contributed by atoms with Gasteiger partial charge in [0, 0.05) is 19.9 Å². The quantitative estimate of drug-likeness (QED) is 0.737. The normalized spacial score (nSPS) is 10.8. The number of aromatic nitrogens is 2. The Morgan fingerprint density at radius 2 is 2.05 bits per heavy atom. The van der Waals surface area contributed by atoms with Gasteiger partial charge in [0.05, 0.1) is 18.5 Å². The van der Waals surface area contributed by atoms with E-state index >= 15 is 0 Å². The van der Waals surface area contributed by atoms with Crippen LogP contribution in [0.1, 0.15) is 12.0 Å². The topological polar surface area (TPSA) is 39.1 Å². The van der Waals surface area contributed by atoms with Gasteiger partial charge in [-0.25, -0.2) is 4.68 Å². The van der Waals surface area contributed by atoms with Gasteiger partial charge in [0.1, 0.15) is 0 Å². The van der Waals surface area contributed by atoms with Crippen LogP contribution >= 0.6 is 0 Å². The number of para-hydroxylation sites is 1. The van der Waals surface area contributed by atoms with Gasteiger partial charge in [-0.1, -0.05) is 18.2 Å². The second kappa shape index (κ2) is 7.71. The number of benzene rings is 1. The smallest absolute Gasteiger partial charge is 0.0645 e. The van der Waals surface area contributed by atoms with E-state index in [4.69, 9.17) is 4.74 Å². The Balaban J connectivity index is 1.75. The maximum atomic E-state index is 4.98. The van der Waals surface area contributed by atoms with Gasteiger partial charge in [0.25, 0.3) is 0 Å². The molecule has 0 fully saturated rings. The summed E-state index contributed by atoms with van der Waals surface area (Å²) in [4.78, 5) is 0. The van der Waals surface area contributed by atoms with Crippen LogP contribution in [0, 0.1) is 0 Å². The molecule has 0 saturated heterocycles. The van der Waals surface area contributed by atoms with Crippen molar-refractivity contribution in [1.29, 1.82) is 0 Å². The Bertz CT molecular complexity index is 467. The van der Waals surface area contributed by atoms with Gasteiger partial charge in [-0.05, 0) is 37.1 Å². The van der Waals surface area contributed by atoms with Crippen LogP contribution in [0.25, 0.3) is 5.69 Å². The van der Waals surface area contributed by atoms with Gasteiger partial charge in [0.15, 0.2) is 0 Å². The Morgan fingerprint density at radius 3 is 2.84 bits per heavy atom. The monoisotopic (exact) mass is 259 g/mol. The zero-order valence-electron chi connectivity index (χ0n) is 11.4. The molecule has 0 atom stereocenters. The lowest BCUT2D eigenvalue weighted by Gasteiger charge is -2.02. The van der Waals surface area contributed by atoms with E-state index in [0.29, 0.717) is 0 Å². The molecule has 102 valence electrons. The van der Waals surface area contributed by atoms with Crippen molar-refractivity contribution in [3.8, 4) is 5.69 Å². The van der Waals surface area contributed by atoms with Gasteiger partial charge >= 0.3 is 0 Å². The SMILES string of the molecule is COCCNCCCc1cnn(-c2ccccc2)c1. The molecule has 0 amide bonds. The number of hydrogen-bond acceptors (Lipinski definition) is 3. The summed E-state index contributed by atoms with van der Waals surface area (Å²) >= 11 is 0. The lowest BCUT2D eigenvalue weighted by Crippen LogP contribution is -2.20. The highest BCUT2D eigenvalue weighted by atomic mass is 16.5. The fraction of sp³-hybridized carbons (Fsp3) is 0.400. The standard InChI is InChI=1S/C15H21N3O/c1-19-11-10-16-9-5-6-14-12-17-18(13-14)15-7-3-2-4-8-15/h2-4,7-8,12-13,16H,5-6,9-11H2,1H3. The zero-order valence-corrected chi connectivity index (χ0v) is 11.4. The maximum absolute atomic E-state index is 4.98. The van der Waals surface area contributed by atoms with Gasteiger partial charge in [-0.2, -0.15) is 5.10 Å². The molecule has 0 aliphatic heterocycles. The summed E-state index contributed by atoms with van der Waals surface area (Å²) in [5.74, 6) is 0. The number of nitrogens with zero attached hydrogens (tertiary/aromatic N) is 2. The minimum Gasteiger partial charge on any atom is -0.383 e. The average Bonchev–Trinajstić information content (AvgIpc) is 2.92. The Morgan fingerprint density at radius 1 is 1.21 bits per heavy atom. The molecule has 1 heterocycles. The molecule has 2 rings (SSSR count). The summed E-state index contributed by atoms with van der Waals surface area (Å²) in [5, 5.41) is 7.73. The van der Waals surface area contributed by atoms with Crippen molar-refractivity contribution < 1.29 is 4.74 Å². The van der Waals surface area contributed by atoms with Crippen molar-refractivity contribution in [3.05, 3.63) is 48.3 Å². The summed E-state index contributed by atoms with van der Waals surface area (Å²) in [6.45, 7) is 2.70. The third-order valence-electron chi connectivity index (χ3n) is 2.96. The minimum atomic E-state index is 0.770. The largest absolute Gasteiger partial charge is 0.383 e. The Labute approximate surface area is 114 Å². The predicted octanol–water partition coefficient (Wildman–Crippen LogP) is 2.04.